The third-order valence-corrected chi connectivity index (χ3v) is 8.65. The van der Waals surface area contributed by atoms with Crippen molar-refractivity contribution in [3.8, 4) is 28.0 Å². The van der Waals surface area contributed by atoms with E-state index >= 15 is 4.39 Å². The first-order valence-electron chi connectivity index (χ1n) is 14.4. The van der Waals surface area contributed by atoms with Crippen molar-refractivity contribution in [1.29, 1.82) is 0 Å². The van der Waals surface area contributed by atoms with Crippen LogP contribution in [-0.4, -0.2) is 6.61 Å². The highest BCUT2D eigenvalue weighted by Crippen LogP contribution is 2.42. The highest BCUT2D eigenvalue weighted by molar-refractivity contribution is 5.74. The zero-order valence-electron chi connectivity index (χ0n) is 23.1. The second kappa shape index (κ2) is 12.8. The van der Waals surface area contributed by atoms with E-state index in [2.05, 4.69) is 31.7 Å². The number of ether oxygens (including phenoxy) is 1. The van der Waals surface area contributed by atoms with Crippen LogP contribution in [0.25, 0.3) is 27.8 Å². The average Bonchev–Trinajstić information content (AvgIpc) is 2.99. The lowest BCUT2D eigenvalue weighted by atomic mass is 9.71. The molecule has 2 aliphatic carbocycles. The van der Waals surface area contributed by atoms with Gasteiger partial charge in [0.25, 0.3) is 0 Å². The van der Waals surface area contributed by atoms with Gasteiger partial charge in [-0.05, 0) is 110 Å². The second-order valence-corrected chi connectivity index (χ2v) is 11.1. The van der Waals surface area contributed by atoms with Crippen LogP contribution < -0.4 is 4.74 Å². The fourth-order valence-electron chi connectivity index (χ4n) is 6.42. The number of benzene rings is 3. The van der Waals surface area contributed by atoms with Gasteiger partial charge >= 0.3 is 0 Å². The summed E-state index contributed by atoms with van der Waals surface area (Å²) >= 11 is 0. The largest absolute Gasteiger partial charge is 0.486 e. The molecule has 1 unspecified atom stereocenters. The van der Waals surface area contributed by atoms with E-state index in [1.54, 1.807) is 30.3 Å². The molecule has 0 saturated heterocycles. The zero-order valence-corrected chi connectivity index (χ0v) is 23.1. The van der Waals surface area contributed by atoms with Gasteiger partial charge in [0.2, 0.25) is 5.82 Å². The highest BCUT2D eigenvalue weighted by atomic mass is 19.2. The highest BCUT2D eigenvalue weighted by Gasteiger charge is 2.28. The van der Waals surface area contributed by atoms with Crippen LogP contribution in [0.5, 0.6) is 5.75 Å². The predicted octanol–water partition coefficient (Wildman–Crippen LogP) is 10.6. The standard InChI is InChI=1S/C36H37F3O/c1-3-5-24-6-8-25(9-7-24)26-10-14-28(15-11-26)31-19-18-30(23-33(31)37)27-12-16-29(17-13-27)32-20-21-34(40-22-4-2)36(39)35(32)38/h3-5,12-14,16-21,23-26H,2,6-11,15,22H2,1H3/b5-3+. The molecule has 0 heterocycles. The maximum Gasteiger partial charge on any atom is 0.201 e. The smallest absolute Gasteiger partial charge is 0.201 e. The van der Waals surface area contributed by atoms with Crippen LogP contribution in [0.3, 0.4) is 0 Å². The Morgan fingerprint density at radius 2 is 1.50 bits per heavy atom. The Morgan fingerprint density at radius 3 is 2.15 bits per heavy atom. The molecule has 0 aliphatic heterocycles. The number of hydrogen-bond acceptors (Lipinski definition) is 1. The number of halogens is 3. The minimum absolute atomic E-state index is 0.0930. The molecule has 0 bridgehead atoms. The van der Waals surface area contributed by atoms with Crippen LogP contribution in [0, 0.1) is 35.2 Å². The fraction of sp³-hybridized carbons (Fsp3) is 0.333. The van der Waals surface area contributed by atoms with E-state index in [-0.39, 0.29) is 23.7 Å². The van der Waals surface area contributed by atoms with Crippen molar-refractivity contribution in [1.82, 2.24) is 0 Å². The molecule has 0 spiro atoms. The molecule has 0 amide bonds. The van der Waals surface area contributed by atoms with Gasteiger partial charge in [0.1, 0.15) is 12.4 Å². The summed E-state index contributed by atoms with van der Waals surface area (Å²) in [5, 5.41) is 0. The lowest BCUT2D eigenvalue weighted by molar-refractivity contribution is 0.212. The summed E-state index contributed by atoms with van der Waals surface area (Å²) in [5.41, 5.74) is 4.03. The third kappa shape index (κ3) is 6.11. The molecule has 3 aromatic carbocycles. The minimum Gasteiger partial charge on any atom is -0.486 e. The van der Waals surface area contributed by atoms with Crippen LogP contribution in [0.15, 0.2) is 85.5 Å². The SMILES string of the molecule is C=CCOc1ccc(-c2ccc(-c3ccc(C4=CCC(C5CCC(/C=C/C)CC5)CC4)c(F)c3)cc2)c(F)c1F. The first-order valence-corrected chi connectivity index (χ1v) is 14.4. The lowest BCUT2D eigenvalue weighted by Gasteiger charge is -2.35. The maximum absolute atomic E-state index is 15.3. The van der Waals surface area contributed by atoms with Gasteiger partial charge in [-0.1, -0.05) is 67.3 Å². The molecule has 40 heavy (non-hydrogen) atoms. The molecule has 1 fully saturated rings. The van der Waals surface area contributed by atoms with E-state index in [9.17, 15) is 8.78 Å². The van der Waals surface area contributed by atoms with Gasteiger partial charge in [-0.25, -0.2) is 8.78 Å². The Morgan fingerprint density at radius 1 is 0.800 bits per heavy atom. The average molecular weight is 543 g/mol. The normalized spacial score (nSPS) is 21.3. The van der Waals surface area contributed by atoms with E-state index in [0.29, 0.717) is 17.0 Å². The first-order chi connectivity index (χ1) is 19.5. The molecule has 1 nitrogen and oxygen atoms in total. The maximum atomic E-state index is 15.3. The molecule has 1 atom stereocenters. The van der Waals surface area contributed by atoms with Gasteiger partial charge < -0.3 is 4.74 Å². The van der Waals surface area contributed by atoms with E-state index in [0.717, 1.165) is 47.8 Å². The van der Waals surface area contributed by atoms with Gasteiger partial charge in [-0.2, -0.15) is 4.39 Å². The molecule has 0 radical (unpaired) electrons. The molecule has 5 rings (SSSR count). The molecule has 0 N–H and O–H groups in total. The van der Waals surface area contributed by atoms with Crippen LogP contribution in [0.4, 0.5) is 13.2 Å². The quantitative estimate of drug-likeness (QED) is 0.257. The summed E-state index contributed by atoms with van der Waals surface area (Å²) in [6, 6.07) is 15.4. The minimum atomic E-state index is -1.03. The molecular formula is C36H37F3O. The van der Waals surface area contributed by atoms with Crippen LogP contribution in [-0.2, 0) is 0 Å². The Balaban J connectivity index is 1.25. The summed E-state index contributed by atoms with van der Waals surface area (Å²) in [4.78, 5) is 0. The summed E-state index contributed by atoms with van der Waals surface area (Å²) in [5.74, 6) is -0.105. The van der Waals surface area contributed by atoms with Crippen molar-refractivity contribution in [2.75, 3.05) is 6.61 Å². The van der Waals surface area contributed by atoms with Gasteiger partial charge in [-0.3, -0.25) is 0 Å². The molecule has 3 aromatic rings. The Labute approximate surface area is 236 Å². The first kappa shape index (κ1) is 28.0. The molecule has 208 valence electrons. The summed E-state index contributed by atoms with van der Waals surface area (Å²) < 4.78 is 49.6. The van der Waals surface area contributed by atoms with E-state index in [4.69, 9.17) is 4.74 Å². The van der Waals surface area contributed by atoms with Crippen LogP contribution >= 0.6 is 0 Å². The van der Waals surface area contributed by atoms with Gasteiger partial charge in [-0.15, -0.1) is 0 Å². The second-order valence-electron chi connectivity index (χ2n) is 11.1. The van der Waals surface area contributed by atoms with Crippen molar-refractivity contribution in [3.05, 3.63) is 108 Å². The molecule has 0 aromatic heterocycles. The molecular weight excluding hydrogens is 505 g/mol. The van der Waals surface area contributed by atoms with Crippen molar-refractivity contribution < 1.29 is 17.9 Å². The van der Waals surface area contributed by atoms with Crippen molar-refractivity contribution in [2.24, 2.45) is 17.8 Å². The summed E-state index contributed by atoms with van der Waals surface area (Å²) in [6.45, 7) is 5.72. The van der Waals surface area contributed by atoms with E-state index in [1.165, 1.54) is 43.9 Å². The van der Waals surface area contributed by atoms with Gasteiger partial charge in [0, 0.05) is 11.1 Å². The molecule has 1 saturated carbocycles. The lowest BCUT2D eigenvalue weighted by Crippen LogP contribution is -2.22. The number of hydrogen-bond donors (Lipinski definition) is 0. The van der Waals surface area contributed by atoms with Gasteiger partial charge in [0.15, 0.2) is 11.6 Å². The number of rotatable bonds is 8. The van der Waals surface area contributed by atoms with E-state index in [1.807, 2.05) is 12.1 Å². The number of allylic oxidation sites excluding steroid dienone is 4. The van der Waals surface area contributed by atoms with Crippen molar-refractivity contribution in [2.45, 2.75) is 51.9 Å². The van der Waals surface area contributed by atoms with Crippen LogP contribution in [0.2, 0.25) is 0 Å². The summed E-state index contributed by atoms with van der Waals surface area (Å²) in [7, 11) is 0. The molecule has 4 heteroatoms. The monoisotopic (exact) mass is 542 g/mol. The zero-order chi connectivity index (χ0) is 28.1. The predicted molar refractivity (Wildman–Crippen MR) is 158 cm³/mol. The third-order valence-electron chi connectivity index (χ3n) is 8.65. The van der Waals surface area contributed by atoms with Gasteiger partial charge in [0.05, 0.1) is 0 Å². The Kier molecular flexibility index (Phi) is 8.94. The van der Waals surface area contributed by atoms with Crippen LogP contribution in [0.1, 0.15) is 57.4 Å². The van der Waals surface area contributed by atoms with Crippen molar-refractivity contribution >= 4 is 5.57 Å². The molecule has 2 aliphatic rings. The topological polar surface area (TPSA) is 9.23 Å². The Bertz CT molecular complexity index is 1390. The fourth-order valence-corrected chi connectivity index (χ4v) is 6.42. The van der Waals surface area contributed by atoms with Crippen molar-refractivity contribution in [3.63, 3.8) is 0 Å². The summed E-state index contributed by atoms with van der Waals surface area (Å²) in [6.07, 6.45) is 16.6. The van der Waals surface area contributed by atoms with E-state index < -0.39 is 11.6 Å². The Hall–Kier alpha value is -3.53.